The third-order valence-electron chi connectivity index (χ3n) is 1.65. The Morgan fingerprint density at radius 3 is 2.69 bits per heavy atom. The summed E-state index contributed by atoms with van der Waals surface area (Å²) in [6, 6.07) is 4.40. The molecule has 0 saturated heterocycles. The number of nitriles is 1. The molecule has 2 nitrogen and oxygen atoms in total. The minimum atomic E-state index is -3.02. The summed E-state index contributed by atoms with van der Waals surface area (Å²) in [6.45, 7) is 1.60. The van der Waals surface area contributed by atoms with Crippen molar-refractivity contribution in [3.63, 3.8) is 0 Å². The summed E-state index contributed by atoms with van der Waals surface area (Å²) in [5, 5.41) is 8.17. The third kappa shape index (κ3) is 2.28. The first-order valence-corrected chi connectivity index (χ1v) is 3.88. The van der Waals surface area contributed by atoms with E-state index in [2.05, 4.69) is 0 Å². The van der Waals surface area contributed by atoms with Crippen LogP contribution in [-0.2, 0) is 5.92 Å². The molecule has 1 aromatic rings. The van der Waals surface area contributed by atoms with Gasteiger partial charge in [-0.05, 0) is 19.1 Å². The van der Waals surface area contributed by atoms with Gasteiger partial charge >= 0.3 is 5.92 Å². The molecule has 0 spiro atoms. The van der Waals surface area contributed by atoms with Crippen LogP contribution >= 0.6 is 0 Å². The quantitative estimate of drug-likeness (QED) is 0.725. The minimum absolute atomic E-state index is 0.174. The summed E-state index contributed by atoms with van der Waals surface area (Å²) in [5.74, 6) is -2.93. The largest absolute Gasteiger partial charge is 0.460 e. The van der Waals surface area contributed by atoms with Gasteiger partial charge in [0.25, 0.3) is 0 Å². The number of alkyl halides is 2. The number of aryl methyl sites for hydroxylation is 1. The Morgan fingerprint density at radius 2 is 2.23 bits per heavy atom. The molecule has 0 saturated carbocycles. The molecule has 0 atom stereocenters. The van der Waals surface area contributed by atoms with E-state index < -0.39 is 12.3 Å². The van der Waals surface area contributed by atoms with E-state index in [-0.39, 0.29) is 12.2 Å². The van der Waals surface area contributed by atoms with Crippen molar-refractivity contribution in [2.24, 2.45) is 0 Å². The Labute approximate surface area is 74.8 Å². The zero-order valence-electron chi connectivity index (χ0n) is 7.18. The van der Waals surface area contributed by atoms with Crippen LogP contribution in [0.2, 0.25) is 0 Å². The monoisotopic (exact) mass is 185 g/mol. The SMILES string of the molecule is Cc1ccc(C(F)(F)CCC#N)o1. The van der Waals surface area contributed by atoms with Gasteiger partial charge in [-0.3, -0.25) is 0 Å². The highest BCUT2D eigenvalue weighted by atomic mass is 19.3. The number of rotatable bonds is 3. The highest BCUT2D eigenvalue weighted by Crippen LogP contribution is 2.33. The number of halogens is 2. The van der Waals surface area contributed by atoms with Crippen molar-refractivity contribution in [3.05, 3.63) is 23.7 Å². The Hall–Kier alpha value is -1.37. The minimum Gasteiger partial charge on any atom is -0.460 e. The molecular weight excluding hydrogens is 176 g/mol. The molecule has 4 heteroatoms. The average molecular weight is 185 g/mol. The molecule has 0 radical (unpaired) electrons. The summed E-state index contributed by atoms with van der Waals surface area (Å²) in [7, 11) is 0. The number of hydrogen-bond acceptors (Lipinski definition) is 2. The lowest BCUT2D eigenvalue weighted by molar-refractivity contribution is -0.0334. The molecule has 0 N–H and O–H groups in total. The van der Waals surface area contributed by atoms with E-state index in [1.165, 1.54) is 12.1 Å². The fraction of sp³-hybridized carbons (Fsp3) is 0.444. The van der Waals surface area contributed by atoms with E-state index in [0.29, 0.717) is 5.76 Å². The van der Waals surface area contributed by atoms with Crippen LogP contribution in [0.5, 0.6) is 0 Å². The first-order chi connectivity index (χ1) is 6.06. The highest BCUT2D eigenvalue weighted by Gasteiger charge is 2.34. The van der Waals surface area contributed by atoms with Crippen LogP contribution < -0.4 is 0 Å². The van der Waals surface area contributed by atoms with Crippen molar-refractivity contribution < 1.29 is 13.2 Å². The predicted molar refractivity (Wildman–Crippen MR) is 42.2 cm³/mol. The second-order valence-corrected chi connectivity index (χ2v) is 2.77. The smallest absolute Gasteiger partial charge is 0.305 e. The summed E-state index contributed by atoms with van der Waals surface area (Å²) in [5.41, 5.74) is 0. The van der Waals surface area contributed by atoms with E-state index in [1.54, 1.807) is 13.0 Å². The molecule has 0 aromatic carbocycles. The zero-order chi connectivity index (χ0) is 9.90. The molecule has 0 aliphatic heterocycles. The van der Waals surface area contributed by atoms with E-state index in [9.17, 15) is 8.78 Å². The molecule has 0 bridgehead atoms. The van der Waals surface area contributed by atoms with Gasteiger partial charge in [0.2, 0.25) is 0 Å². The van der Waals surface area contributed by atoms with Crippen LogP contribution in [0.1, 0.15) is 24.4 Å². The molecule has 70 valence electrons. The van der Waals surface area contributed by atoms with Crippen molar-refractivity contribution in [1.82, 2.24) is 0 Å². The van der Waals surface area contributed by atoms with Crippen molar-refractivity contribution in [2.45, 2.75) is 25.7 Å². The van der Waals surface area contributed by atoms with Crippen molar-refractivity contribution in [1.29, 1.82) is 5.26 Å². The van der Waals surface area contributed by atoms with Crippen molar-refractivity contribution >= 4 is 0 Å². The van der Waals surface area contributed by atoms with Crippen molar-refractivity contribution in [3.8, 4) is 6.07 Å². The van der Waals surface area contributed by atoms with E-state index >= 15 is 0 Å². The summed E-state index contributed by atoms with van der Waals surface area (Å²) in [6.07, 6.45) is -0.663. The van der Waals surface area contributed by atoms with Crippen LogP contribution in [0.15, 0.2) is 16.5 Å². The Balaban J connectivity index is 2.75. The fourth-order valence-electron chi connectivity index (χ4n) is 0.967. The first-order valence-electron chi connectivity index (χ1n) is 3.88. The molecule has 0 aliphatic carbocycles. The molecule has 0 amide bonds. The lowest BCUT2D eigenvalue weighted by atomic mass is 10.1. The van der Waals surface area contributed by atoms with E-state index in [4.69, 9.17) is 9.68 Å². The van der Waals surface area contributed by atoms with Gasteiger partial charge in [-0.25, -0.2) is 0 Å². The lowest BCUT2D eigenvalue weighted by Gasteiger charge is -2.10. The van der Waals surface area contributed by atoms with Crippen LogP contribution in [0, 0.1) is 18.3 Å². The molecular formula is C9H9F2NO. The van der Waals surface area contributed by atoms with Gasteiger partial charge in [-0.2, -0.15) is 14.0 Å². The third-order valence-corrected chi connectivity index (χ3v) is 1.65. The maximum Gasteiger partial charge on any atom is 0.305 e. The second-order valence-electron chi connectivity index (χ2n) is 2.77. The van der Waals surface area contributed by atoms with Crippen LogP contribution in [0.25, 0.3) is 0 Å². The van der Waals surface area contributed by atoms with Gasteiger partial charge < -0.3 is 4.42 Å². The molecule has 0 aliphatic rings. The fourth-order valence-corrected chi connectivity index (χ4v) is 0.967. The van der Waals surface area contributed by atoms with Crippen LogP contribution in [0.4, 0.5) is 8.78 Å². The van der Waals surface area contributed by atoms with E-state index in [1.807, 2.05) is 0 Å². The number of furan rings is 1. The molecule has 1 rings (SSSR count). The summed E-state index contributed by atoms with van der Waals surface area (Å²) >= 11 is 0. The van der Waals surface area contributed by atoms with Gasteiger partial charge in [0.05, 0.1) is 6.07 Å². The Morgan fingerprint density at radius 1 is 1.54 bits per heavy atom. The average Bonchev–Trinajstić information content (AvgIpc) is 2.49. The maximum absolute atomic E-state index is 13.1. The number of nitrogens with zero attached hydrogens (tertiary/aromatic N) is 1. The topological polar surface area (TPSA) is 36.9 Å². The Kier molecular flexibility index (Phi) is 2.66. The highest BCUT2D eigenvalue weighted by molar-refractivity contribution is 5.10. The molecule has 13 heavy (non-hydrogen) atoms. The molecule has 1 aromatic heterocycles. The van der Waals surface area contributed by atoms with Gasteiger partial charge in [-0.1, -0.05) is 0 Å². The van der Waals surface area contributed by atoms with Gasteiger partial charge in [0, 0.05) is 12.8 Å². The standard InChI is InChI=1S/C9H9F2NO/c1-7-3-4-8(13-7)9(10,11)5-2-6-12/h3-4H,2,5H2,1H3. The molecule has 0 unspecified atom stereocenters. The zero-order valence-corrected chi connectivity index (χ0v) is 7.18. The lowest BCUT2D eigenvalue weighted by Crippen LogP contribution is -2.11. The molecule has 1 heterocycles. The summed E-state index contributed by atoms with van der Waals surface area (Å²) in [4.78, 5) is 0. The van der Waals surface area contributed by atoms with Crippen LogP contribution in [-0.4, -0.2) is 0 Å². The maximum atomic E-state index is 13.1. The molecule has 0 fully saturated rings. The second kappa shape index (κ2) is 3.56. The van der Waals surface area contributed by atoms with Crippen LogP contribution in [0.3, 0.4) is 0 Å². The summed E-state index contributed by atoms with van der Waals surface area (Å²) < 4.78 is 31.0. The van der Waals surface area contributed by atoms with E-state index in [0.717, 1.165) is 0 Å². The van der Waals surface area contributed by atoms with Gasteiger partial charge in [-0.15, -0.1) is 0 Å². The Bertz CT molecular complexity index is 325. The van der Waals surface area contributed by atoms with Crippen molar-refractivity contribution in [2.75, 3.05) is 0 Å². The number of hydrogen-bond donors (Lipinski definition) is 0. The normalized spacial score (nSPS) is 11.2. The first kappa shape index (κ1) is 9.72. The van der Waals surface area contributed by atoms with Gasteiger partial charge in [0.1, 0.15) is 5.76 Å². The predicted octanol–water partition coefficient (Wildman–Crippen LogP) is 2.98. The van der Waals surface area contributed by atoms with Gasteiger partial charge in [0.15, 0.2) is 5.76 Å².